The van der Waals surface area contributed by atoms with Crippen LogP contribution < -0.4 is 14.8 Å². The summed E-state index contributed by atoms with van der Waals surface area (Å²) in [6.07, 6.45) is 10.3. The van der Waals surface area contributed by atoms with Gasteiger partial charge in [-0.05, 0) is 50.3 Å². The fourth-order valence-corrected chi connectivity index (χ4v) is 4.37. The number of nitrogens with zero attached hydrogens (tertiary/aromatic N) is 3. The molecule has 0 spiro atoms. The quantitative estimate of drug-likeness (QED) is 0.325. The van der Waals surface area contributed by atoms with Crippen molar-refractivity contribution in [1.29, 1.82) is 0 Å². The first-order valence-corrected chi connectivity index (χ1v) is 11.9. The van der Waals surface area contributed by atoms with Crippen LogP contribution in [0.2, 0.25) is 0 Å². The number of aromatic nitrogens is 3. The van der Waals surface area contributed by atoms with E-state index in [0.29, 0.717) is 33.8 Å². The maximum atomic E-state index is 14.9. The average molecular weight is 501 g/mol. The van der Waals surface area contributed by atoms with Gasteiger partial charge in [0.25, 0.3) is 5.91 Å². The molecule has 1 aliphatic carbocycles. The molecule has 188 valence electrons. The zero-order valence-corrected chi connectivity index (χ0v) is 20.4. The Morgan fingerprint density at radius 2 is 1.95 bits per heavy atom. The highest BCUT2D eigenvalue weighted by atomic mass is 19.1. The largest absolute Gasteiger partial charge is 0.506 e. The minimum atomic E-state index is -0.685. The lowest BCUT2D eigenvalue weighted by Crippen LogP contribution is -2.14. The van der Waals surface area contributed by atoms with Crippen LogP contribution in [-0.2, 0) is 0 Å². The number of nitrogens with one attached hydrogen (secondary N) is 1. The van der Waals surface area contributed by atoms with Crippen molar-refractivity contribution in [3.05, 3.63) is 77.6 Å². The third-order valence-electron chi connectivity index (χ3n) is 6.26. The van der Waals surface area contributed by atoms with E-state index in [1.54, 1.807) is 19.1 Å². The van der Waals surface area contributed by atoms with Gasteiger partial charge in [-0.3, -0.25) is 14.8 Å². The van der Waals surface area contributed by atoms with E-state index in [0.717, 1.165) is 37.3 Å². The van der Waals surface area contributed by atoms with Gasteiger partial charge in [-0.2, -0.15) is 0 Å². The second-order valence-electron chi connectivity index (χ2n) is 8.71. The monoisotopic (exact) mass is 500 g/mol. The number of carbonyl (C=O) groups excluding carboxylic acids is 1. The summed E-state index contributed by atoms with van der Waals surface area (Å²) < 4.78 is 25.9. The van der Waals surface area contributed by atoms with Gasteiger partial charge in [-0.25, -0.2) is 9.37 Å². The smallest absolute Gasteiger partial charge is 0.261 e. The lowest BCUT2D eigenvalue weighted by Gasteiger charge is -2.17. The summed E-state index contributed by atoms with van der Waals surface area (Å²) in [5, 5.41) is 13.5. The van der Waals surface area contributed by atoms with Gasteiger partial charge in [-0.15, -0.1) is 0 Å². The molecule has 0 aliphatic heterocycles. The molecule has 5 rings (SSSR count). The Bertz CT molecular complexity index is 1540. The maximum absolute atomic E-state index is 14.9. The first kappa shape index (κ1) is 24.2. The molecule has 9 heteroatoms. The van der Waals surface area contributed by atoms with Gasteiger partial charge < -0.3 is 19.9 Å². The highest BCUT2D eigenvalue weighted by Crippen LogP contribution is 2.36. The number of carbonyl (C=O) groups is 1. The molecule has 1 aliphatic rings. The van der Waals surface area contributed by atoms with E-state index < -0.39 is 11.7 Å². The molecule has 37 heavy (non-hydrogen) atoms. The van der Waals surface area contributed by atoms with Crippen LogP contribution in [0.15, 0.2) is 55.0 Å². The fourth-order valence-electron chi connectivity index (χ4n) is 4.37. The Morgan fingerprint density at radius 3 is 2.70 bits per heavy atom. The molecule has 1 aromatic carbocycles. The number of rotatable bonds is 6. The predicted molar refractivity (Wildman–Crippen MR) is 138 cm³/mol. The van der Waals surface area contributed by atoms with Gasteiger partial charge in [-0.1, -0.05) is 6.08 Å². The van der Waals surface area contributed by atoms with E-state index in [4.69, 9.17) is 9.47 Å². The number of halogens is 1. The van der Waals surface area contributed by atoms with Gasteiger partial charge >= 0.3 is 0 Å². The molecular weight excluding hydrogens is 475 g/mol. The van der Waals surface area contributed by atoms with Gasteiger partial charge in [0.05, 0.1) is 18.8 Å². The predicted octanol–water partition coefficient (Wildman–Crippen LogP) is 6.19. The van der Waals surface area contributed by atoms with Crippen LogP contribution >= 0.6 is 0 Å². The molecule has 0 saturated carbocycles. The van der Waals surface area contributed by atoms with Crippen molar-refractivity contribution in [1.82, 2.24) is 15.0 Å². The van der Waals surface area contributed by atoms with Crippen LogP contribution in [0.3, 0.4) is 0 Å². The number of anilines is 1. The van der Waals surface area contributed by atoms with Gasteiger partial charge in [0.2, 0.25) is 0 Å². The van der Waals surface area contributed by atoms with Crippen molar-refractivity contribution < 1.29 is 23.8 Å². The summed E-state index contributed by atoms with van der Waals surface area (Å²) in [7, 11) is 1.53. The Balaban J connectivity index is 1.36. The number of aromatic hydroxyl groups is 1. The number of fused-ring (bicyclic) bond motifs is 1. The van der Waals surface area contributed by atoms with Crippen molar-refractivity contribution >= 4 is 28.2 Å². The van der Waals surface area contributed by atoms with Crippen LogP contribution in [0.4, 0.5) is 10.1 Å². The zero-order chi connectivity index (χ0) is 25.9. The van der Waals surface area contributed by atoms with E-state index in [9.17, 15) is 14.3 Å². The standard InChI is InChI=1S/C28H25FN4O4/c1-16-25(17-6-4-3-5-7-17)27(34)20(15-31-16)28(35)33-18-8-9-23(21(29)12-18)37-24-10-11-30-22-13-19(36-2)14-32-26(22)24/h6,8-15H,3-5,7H2,1-2H3,(H,31,34)(H,33,35). The number of allylic oxidation sites excluding steroid dienone is 2. The van der Waals surface area contributed by atoms with Crippen LogP contribution in [0, 0.1) is 12.7 Å². The first-order valence-electron chi connectivity index (χ1n) is 11.9. The molecule has 4 aromatic rings. The van der Waals surface area contributed by atoms with Gasteiger partial charge in [0.1, 0.15) is 22.6 Å². The minimum Gasteiger partial charge on any atom is -0.506 e. The molecule has 3 aromatic heterocycles. The molecule has 1 amide bonds. The Kier molecular flexibility index (Phi) is 6.68. The Labute approximate surface area is 212 Å². The fraction of sp³-hybridized carbons (Fsp3) is 0.214. The summed E-state index contributed by atoms with van der Waals surface area (Å²) in [4.78, 5) is 25.8. The SMILES string of the molecule is COc1cnc2c(Oc3ccc(NC(=O)c4cnc(C)c(C5=CCCCC5)c4O)cc3F)ccnc2c1. The molecule has 3 heterocycles. The Hall–Kier alpha value is -4.53. The number of amides is 1. The van der Waals surface area contributed by atoms with Crippen molar-refractivity contribution in [3.63, 3.8) is 0 Å². The zero-order valence-electron chi connectivity index (χ0n) is 20.4. The van der Waals surface area contributed by atoms with Crippen LogP contribution in [-0.4, -0.2) is 33.1 Å². The number of hydrogen-bond donors (Lipinski definition) is 2. The number of benzene rings is 1. The summed E-state index contributed by atoms with van der Waals surface area (Å²) in [6.45, 7) is 1.80. The van der Waals surface area contributed by atoms with Crippen molar-refractivity contribution in [2.75, 3.05) is 12.4 Å². The molecule has 0 atom stereocenters. The highest BCUT2D eigenvalue weighted by Gasteiger charge is 2.21. The molecule has 0 unspecified atom stereocenters. The molecule has 0 saturated heterocycles. The normalized spacial score (nSPS) is 13.2. The lowest BCUT2D eigenvalue weighted by atomic mass is 9.91. The van der Waals surface area contributed by atoms with Crippen LogP contribution in [0.25, 0.3) is 16.6 Å². The number of ether oxygens (including phenoxy) is 2. The van der Waals surface area contributed by atoms with E-state index in [-0.39, 0.29) is 22.7 Å². The second-order valence-corrected chi connectivity index (χ2v) is 8.71. The Morgan fingerprint density at radius 1 is 1.08 bits per heavy atom. The van der Waals surface area contributed by atoms with E-state index >= 15 is 0 Å². The van der Waals surface area contributed by atoms with Crippen molar-refractivity contribution in [2.24, 2.45) is 0 Å². The van der Waals surface area contributed by atoms with Crippen molar-refractivity contribution in [3.8, 4) is 23.0 Å². The first-order chi connectivity index (χ1) is 17.9. The van der Waals surface area contributed by atoms with Gasteiger partial charge in [0, 0.05) is 47.5 Å². The van der Waals surface area contributed by atoms with Crippen LogP contribution in [0.5, 0.6) is 23.0 Å². The molecule has 0 fully saturated rings. The minimum absolute atomic E-state index is 0.0255. The third kappa shape index (κ3) is 4.93. The lowest BCUT2D eigenvalue weighted by molar-refractivity contribution is 0.102. The summed E-state index contributed by atoms with van der Waals surface area (Å²) in [6, 6.07) is 7.36. The number of hydrogen-bond acceptors (Lipinski definition) is 7. The number of methoxy groups -OCH3 is 1. The number of aryl methyl sites for hydroxylation is 1. The number of pyridine rings is 3. The summed E-state index contributed by atoms with van der Waals surface area (Å²) >= 11 is 0. The molecule has 8 nitrogen and oxygen atoms in total. The second kappa shape index (κ2) is 10.2. The van der Waals surface area contributed by atoms with Gasteiger partial charge in [0.15, 0.2) is 17.3 Å². The molecular formula is C28H25FN4O4. The maximum Gasteiger partial charge on any atom is 0.261 e. The average Bonchev–Trinajstić information content (AvgIpc) is 2.90. The molecule has 0 bridgehead atoms. The molecule has 0 radical (unpaired) electrons. The van der Waals surface area contributed by atoms with E-state index in [2.05, 4.69) is 26.3 Å². The third-order valence-corrected chi connectivity index (χ3v) is 6.26. The van der Waals surface area contributed by atoms with Crippen LogP contribution in [0.1, 0.15) is 47.3 Å². The van der Waals surface area contributed by atoms with Crippen molar-refractivity contribution in [2.45, 2.75) is 32.6 Å². The topological polar surface area (TPSA) is 106 Å². The summed E-state index contributed by atoms with van der Waals surface area (Å²) in [5.74, 6) is -0.573. The highest BCUT2D eigenvalue weighted by molar-refractivity contribution is 6.07. The van der Waals surface area contributed by atoms with E-state index in [1.807, 2.05) is 0 Å². The van der Waals surface area contributed by atoms with E-state index in [1.165, 1.54) is 37.8 Å². The summed E-state index contributed by atoms with van der Waals surface area (Å²) in [5.41, 5.74) is 3.47. The molecule has 2 N–H and O–H groups in total.